The molecule has 6 heteroatoms. The van der Waals surface area contributed by atoms with Gasteiger partial charge in [-0.15, -0.1) is 0 Å². The van der Waals surface area contributed by atoms with Crippen LogP contribution in [0.3, 0.4) is 0 Å². The third-order valence-corrected chi connectivity index (χ3v) is 4.35. The molecule has 3 aromatic rings. The van der Waals surface area contributed by atoms with Gasteiger partial charge in [-0.2, -0.15) is 0 Å². The second kappa shape index (κ2) is 8.00. The van der Waals surface area contributed by atoms with Crippen LogP contribution >= 0.6 is 0 Å². The molecule has 0 unspecified atom stereocenters. The number of hydrogen-bond acceptors (Lipinski definition) is 5. The average molecular weight is 377 g/mol. The molecule has 1 amide bonds. The molecule has 0 saturated heterocycles. The summed E-state index contributed by atoms with van der Waals surface area (Å²) in [4.78, 5) is 24.1. The van der Waals surface area contributed by atoms with Crippen LogP contribution in [0.4, 0.5) is 5.69 Å². The standard InChI is InChI=1S/C22H19NO5/c24-21(23-18-7-8-19-20(13-18)27-10-9-26-19)14-28-22(25)12-15-5-6-16-3-1-2-4-17(16)11-15/h1-8,11,13H,9-10,12,14H2,(H,23,24). The van der Waals surface area contributed by atoms with Crippen LogP contribution in [-0.4, -0.2) is 31.7 Å². The molecule has 0 fully saturated rings. The topological polar surface area (TPSA) is 73.9 Å². The maximum Gasteiger partial charge on any atom is 0.310 e. The van der Waals surface area contributed by atoms with Crippen molar-refractivity contribution in [3.05, 3.63) is 66.2 Å². The monoisotopic (exact) mass is 377 g/mol. The van der Waals surface area contributed by atoms with E-state index in [1.165, 1.54) is 0 Å². The summed E-state index contributed by atoms with van der Waals surface area (Å²) in [5.74, 6) is 0.361. The Balaban J connectivity index is 1.29. The van der Waals surface area contributed by atoms with E-state index in [0.717, 1.165) is 16.3 Å². The molecule has 3 aromatic carbocycles. The third kappa shape index (κ3) is 4.23. The van der Waals surface area contributed by atoms with E-state index >= 15 is 0 Å². The lowest BCUT2D eigenvalue weighted by Gasteiger charge is -2.19. The Morgan fingerprint density at radius 3 is 2.54 bits per heavy atom. The van der Waals surface area contributed by atoms with Crippen LogP contribution in [0.2, 0.25) is 0 Å². The first-order chi connectivity index (χ1) is 13.7. The SMILES string of the molecule is O=C(COC(=O)Cc1ccc2ccccc2c1)Nc1ccc2c(c1)OCCO2. The van der Waals surface area contributed by atoms with Gasteiger partial charge in [0.2, 0.25) is 0 Å². The van der Waals surface area contributed by atoms with Gasteiger partial charge in [0.1, 0.15) is 13.2 Å². The minimum Gasteiger partial charge on any atom is -0.486 e. The molecule has 0 saturated carbocycles. The summed E-state index contributed by atoms with van der Waals surface area (Å²) >= 11 is 0. The molecule has 0 atom stereocenters. The predicted molar refractivity (Wildman–Crippen MR) is 105 cm³/mol. The van der Waals surface area contributed by atoms with Crippen molar-refractivity contribution in [3.8, 4) is 11.5 Å². The van der Waals surface area contributed by atoms with Crippen LogP contribution in [0.1, 0.15) is 5.56 Å². The number of carbonyl (C=O) groups is 2. The van der Waals surface area contributed by atoms with Crippen molar-refractivity contribution in [1.82, 2.24) is 0 Å². The van der Waals surface area contributed by atoms with Crippen LogP contribution in [0.25, 0.3) is 10.8 Å². The van der Waals surface area contributed by atoms with Gasteiger partial charge >= 0.3 is 5.97 Å². The molecule has 0 bridgehead atoms. The fraction of sp³-hybridized carbons (Fsp3) is 0.182. The minimum absolute atomic E-state index is 0.113. The van der Waals surface area contributed by atoms with Gasteiger partial charge in [0.15, 0.2) is 18.1 Å². The van der Waals surface area contributed by atoms with Crippen molar-refractivity contribution in [3.63, 3.8) is 0 Å². The van der Waals surface area contributed by atoms with Crippen molar-refractivity contribution in [2.45, 2.75) is 6.42 Å². The van der Waals surface area contributed by atoms with E-state index in [9.17, 15) is 9.59 Å². The summed E-state index contributed by atoms with van der Waals surface area (Å²) in [5.41, 5.74) is 1.40. The highest BCUT2D eigenvalue weighted by Crippen LogP contribution is 2.32. The normalized spacial score (nSPS) is 12.4. The maximum absolute atomic E-state index is 12.1. The predicted octanol–water partition coefficient (Wildman–Crippen LogP) is 3.34. The molecule has 142 valence electrons. The molecular formula is C22H19NO5. The van der Waals surface area contributed by atoms with Gasteiger partial charge in [-0.25, -0.2) is 0 Å². The highest BCUT2D eigenvalue weighted by molar-refractivity contribution is 5.93. The number of carbonyl (C=O) groups excluding carboxylic acids is 2. The Labute approximate surface area is 162 Å². The van der Waals surface area contributed by atoms with Crippen molar-refractivity contribution >= 4 is 28.3 Å². The van der Waals surface area contributed by atoms with Crippen LogP contribution in [0.5, 0.6) is 11.5 Å². The van der Waals surface area contributed by atoms with E-state index in [0.29, 0.717) is 30.4 Å². The van der Waals surface area contributed by atoms with E-state index in [-0.39, 0.29) is 13.0 Å². The zero-order valence-electron chi connectivity index (χ0n) is 15.1. The van der Waals surface area contributed by atoms with Crippen LogP contribution < -0.4 is 14.8 Å². The minimum atomic E-state index is -0.451. The van der Waals surface area contributed by atoms with E-state index < -0.39 is 11.9 Å². The quantitative estimate of drug-likeness (QED) is 0.691. The molecule has 1 aliphatic heterocycles. The van der Waals surface area contributed by atoms with E-state index in [2.05, 4.69) is 5.32 Å². The fourth-order valence-electron chi connectivity index (χ4n) is 3.03. The first-order valence-corrected chi connectivity index (χ1v) is 9.00. The average Bonchev–Trinajstić information content (AvgIpc) is 2.72. The Morgan fingerprint density at radius 1 is 0.893 bits per heavy atom. The van der Waals surface area contributed by atoms with Crippen LogP contribution in [-0.2, 0) is 20.7 Å². The lowest BCUT2D eigenvalue weighted by Crippen LogP contribution is -2.22. The van der Waals surface area contributed by atoms with Gasteiger partial charge in [-0.3, -0.25) is 9.59 Å². The second-order valence-electron chi connectivity index (χ2n) is 6.43. The summed E-state index contributed by atoms with van der Waals surface area (Å²) in [5, 5.41) is 4.85. The van der Waals surface area contributed by atoms with Gasteiger partial charge in [0.05, 0.1) is 6.42 Å². The van der Waals surface area contributed by atoms with E-state index in [1.807, 2.05) is 42.5 Å². The van der Waals surface area contributed by atoms with Crippen molar-refractivity contribution < 1.29 is 23.8 Å². The number of esters is 1. The number of amides is 1. The van der Waals surface area contributed by atoms with Gasteiger partial charge in [0, 0.05) is 11.8 Å². The summed E-state index contributed by atoms with van der Waals surface area (Å²) < 4.78 is 16.0. The number of nitrogens with one attached hydrogen (secondary N) is 1. The number of hydrogen-bond donors (Lipinski definition) is 1. The molecule has 0 aromatic heterocycles. The molecule has 6 nitrogen and oxygen atoms in total. The Bertz CT molecular complexity index is 1030. The first kappa shape index (κ1) is 17.9. The smallest absolute Gasteiger partial charge is 0.310 e. The molecule has 0 radical (unpaired) electrons. The number of anilines is 1. The molecule has 1 heterocycles. The van der Waals surface area contributed by atoms with E-state index in [1.54, 1.807) is 18.2 Å². The number of fused-ring (bicyclic) bond motifs is 2. The zero-order valence-corrected chi connectivity index (χ0v) is 15.1. The Hall–Kier alpha value is -3.54. The largest absolute Gasteiger partial charge is 0.486 e. The number of rotatable bonds is 5. The number of ether oxygens (including phenoxy) is 3. The number of benzene rings is 3. The molecule has 28 heavy (non-hydrogen) atoms. The second-order valence-corrected chi connectivity index (χ2v) is 6.43. The molecule has 0 aliphatic carbocycles. The summed E-state index contributed by atoms with van der Waals surface area (Å²) in [6, 6.07) is 18.9. The van der Waals surface area contributed by atoms with Crippen LogP contribution in [0, 0.1) is 0 Å². The Morgan fingerprint density at radius 2 is 1.68 bits per heavy atom. The van der Waals surface area contributed by atoms with Crippen molar-refractivity contribution in [1.29, 1.82) is 0 Å². The van der Waals surface area contributed by atoms with Crippen molar-refractivity contribution in [2.24, 2.45) is 0 Å². The van der Waals surface area contributed by atoms with Gasteiger partial charge in [0.25, 0.3) is 5.91 Å². The molecule has 1 aliphatic rings. The van der Waals surface area contributed by atoms with Crippen LogP contribution in [0.15, 0.2) is 60.7 Å². The summed E-state index contributed by atoms with van der Waals surface area (Å²) in [6.07, 6.45) is 0.113. The van der Waals surface area contributed by atoms with Gasteiger partial charge in [-0.05, 0) is 28.5 Å². The molecule has 4 rings (SSSR count). The van der Waals surface area contributed by atoms with E-state index in [4.69, 9.17) is 14.2 Å². The molecule has 0 spiro atoms. The summed E-state index contributed by atoms with van der Waals surface area (Å²) in [6.45, 7) is 0.628. The lowest BCUT2D eigenvalue weighted by atomic mass is 10.1. The highest BCUT2D eigenvalue weighted by Gasteiger charge is 2.14. The lowest BCUT2D eigenvalue weighted by molar-refractivity contribution is -0.146. The van der Waals surface area contributed by atoms with Gasteiger partial charge in [-0.1, -0.05) is 42.5 Å². The first-order valence-electron chi connectivity index (χ1n) is 9.00. The highest BCUT2D eigenvalue weighted by atomic mass is 16.6. The third-order valence-electron chi connectivity index (χ3n) is 4.35. The maximum atomic E-state index is 12.1. The summed E-state index contributed by atoms with van der Waals surface area (Å²) in [7, 11) is 0. The fourth-order valence-corrected chi connectivity index (χ4v) is 3.03. The van der Waals surface area contributed by atoms with Crippen molar-refractivity contribution in [2.75, 3.05) is 25.1 Å². The Kier molecular flexibility index (Phi) is 5.10. The van der Waals surface area contributed by atoms with Gasteiger partial charge < -0.3 is 19.5 Å². The molecular weight excluding hydrogens is 358 g/mol. The molecule has 1 N–H and O–H groups in total. The zero-order chi connectivity index (χ0) is 19.3.